The van der Waals surface area contributed by atoms with E-state index in [2.05, 4.69) is 21.2 Å². The third kappa shape index (κ3) is 3.22. The number of carbonyl (C=O) groups is 2. The average molecular weight is 363 g/mol. The van der Waals surface area contributed by atoms with Crippen molar-refractivity contribution in [3.63, 3.8) is 0 Å². The fourth-order valence-corrected chi connectivity index (χ4v) is 2.84. The lowest BCUT2D eigenvalue weighted by atomic mass is 10.1. The maximum absolute atomic E-state index is 12.1. The second-order valence-corrected chi connectivity index (χ2v) is 6.01. The summed E-state index contributed by atoms with van der Waals surface area (Å²) < 4.78 is 5.72. The van der Waals surface area contributed by atoms with Crippen LogP contribution in [0.25, 0.3) is 0 Å². The zero-order valence-corrected chi connectivity index (χ0v) is 13.4. The molecule has 1 unspecified atom stereocenters. The minimum Gasteiger partial charge on any atom is -0.444 e. The van der Waals surface area contributed by atoms with Gasteiger partial charge in [0.1, 0.15) is 0 Å². The Bertz CT molecular complexity index is 684. The highest BCUT2D eigenvalue weighted by molar-refractivity contribution is 9.10. The van der Waals surface area contributed by atoms with E-state index in [1.165, 1.54) is 0 Å². The quantitative estimate of drug-likeness (QED) is 0.909. The van der Waals surface area contributed by atoms with Gasteiger partial charge in [-0.1, -0.05) is 18.2 Å². The van der Waals surface area contributed by atoms with Gasteiger partial charge >= 0.3 is 0 Å². The Morgan fingerprint density at radius 1 is 1.27 bits per heavy atom. The number of hydrogen-bond acceptors (Lipinski definition) is 3. The zero-order valence-electron chi connectivity index (χ0n) is 11.8. The lowest BCUT2D eigenvalue weighted by Crippen LogP contribution is -2.31. The van der Waals surface area contributed by atoms with Gasteiger partial charge in [0.15, 0.2) is 10.4 Å². The van der Waals surface area contributed by atoms with Gasteiger partial charge in [0.05, 0.1) is 0 Å². The van der Waals surface area contributed by atoms with Crippen LogP contribution in [0.1, 0.15) is 17.0 Å². The van der Waals surface area contributed by atoms with Gasteiger partial charge in [-0.25, -0.2) is 0 Å². The number of furan rings is 1. The van der Waals surface area contributed by atoms with E-state index < -0.39 is 0 Å². The summed E-state index contributed by atoms with van der Waals surface area (Å²) in [7, 11) is 0. The van der Waals surface area contributed by atoms with E-state index in [4.69, 9.17) is 4.42 Å². The van der Waals surface area contributed by atoms with Crippen LogP contribution in [0.2, 0.25) is 0 Å². The van der Waals surface area contributed by atoms with Crippen molar-refractivity contribution in [3.8, 4) is 0 Å². The summed E-state index contributed by atoms with van der Waals surface area (Å²) >= 11 is 3.16. The first-order valence-electron chi connectivity index (χ1n) is 7.02. The predicted octanol–water partition coefficient (Wildman–Crippen LogP) is 2.83. The fourth-order valence-electron chi connectivity index (χ4n) is 2.54. The molecule has 2 amide bonds. The van der Waals surface area contributed by atoms with Crippen LogP contribution in [-0.4, -0.2) is 24.9 Å². The van der Waals surface area contributed by atoms with Gasteiger partial charge < -0.3 is 14.6 Å². The third-order valence-corrected chi connectivity index (χ3v) is 4.05. The van der Waals surface area contributed by atoms with Crippen LogP contribution in [-0.2, 0) is 4.79 Å². The SMILES string of the molecule is O=C(NCC1CC(=O)N(c2ccccc2)C1)c1ccc(Br)o1. The maximum atomic E-state index is 12.1. The summed E-state index contributed by atoms with van der Waals surface area (Å²) in [6.07, 6.45) is 0.441. The first kappa shape index (κ1) is 14.8. The summed E-state index contributed by atoms with van der Waals surface area (Å²) in [5.74, 6) is 0.189. The van der Waals surface area contributed by atoms with E-state index in [-0.39, 0.29) is 23.5 Å². The highest BCUT2D eigenvalue weighted by Crippen LogP contribution is 2.24. The molecule has 6 heteroatoms. The van der Waals surface area contributed by atoms with Crippen LogP contribution >= 0.6 is 15.9 Å². The summed E-state index contributed by atoms with van der Waals surface area (Å²) in [5.41, 5.74) is 0.899. The molecule has 1 aromatic heterocycles. The van der Waals surface area contributed by atoms with Gasteiger partial charge in [-0.05, 0) is 40.2 Å². The van der Waals surface area contributed by atoms with Crippen LogP contribution in [0.4, 0.5) is 5.69 Å². The Morgan fingerprint density at radius 3 is 2.73 bits per heavy atom. The van der Waals surface area contributed by atoms with Crippen LogP contribution in [0.3, 0.4) is 0 Å². The minimum absolute atomic E-state index is 0.0891. The molecule has 1 atom stereocenters. The topological polar surface area (TPSA) is 62.6 Å². The molecule has 5 nitrogen and oxygen atoms in total. The molecule has 0 bridgehead atoms. The lowest BCUT2D eigenvalue weighted by Gasteiger charge is -2.16. The molecule has 1 aliphatic rings. The number of rotatable bonds is 4. The van der Waals surface area contributed by atoms with Gasteiger partial charge in [-0.15, -0.1) is 0 Å². The normalized spacial score (nSPS) is 17.8. The Labute approximate surface area is 136 Å². The molecule has 22 heavy (non-hydrogen) atoms. The van der Waals surface area contributed by atoms with Crippen LogP contribution in [0, 0.1) is 5.92 Å². The number of anilines is 1. The van der Waals surface area contributed by atoms with Crippen molar-refractivity contribution < 1.29 is 14.0 Å². The third-order valence-electron chi connectivity index (χ3n) is 3.62. The minimum atomic E-state index is -0.267. The number of nitrogens with one attached hydrogen (secondary N) is 1. The molecule has 1 aromatic carbocycles. The number of halogens is 1. The van der Waals surface area contributed by atoms with E-state index in [9.17, 15) is 9.59 Å². The molecular formula is C16H15BrN2O3. The van der Waals surface area contributed by atoms with Gasteiger partial charge in [0.25, 0.3) is 5.91 Å². The second-order valence-electron chi connectivity index (χ2n) is 5.22. The molecule has 1 fully saturated rings. The molecule has 2 aromatic rings. The number of benzene rings is 1. The smallest absolute Gasteiger partial charge is 0.287 e. The molecule has 0 saturated carbocycles. The fraction of sp³-hybridized carbons (Fsp3) is 0.250. The number of carbonyl (C=O) groups excluding carboxylic acids is 2. The van der Waals surface area contributed by atoms with Crippen molar-refractivity contribution in [1.82, 2.24) is 5.32 Å². The molecule has 3 rings (SSSR count). The first-order valence-corrected chi connectivity index (χ1v) is 7.82. The summed E-state index contributed by atoms with van der Waals surface area (Å²) in [4.78, 5) is 25.8. The molecule has 1 aliphatic heterocycles. The second kappa shape index (κ2) is 6.36. The largest absolute Gasteiger partial charge is 0.444 e. The van der Waals surface area contributed by atoms with Gasteiger partial charge in [-0.3, -0.25) is 9.59 Å². The van der Waals surface area contributed by atoms with E-state index in [0.29, 0.717) is 24.2 Å². The Hall–Kier alpha value is -2.08. The molecule has 0 radical (unpaired) electrons. The first-order chi connectivity index (χ1) is 10.6. The monoisotopic (exact) mass is 362 g/mol. The zero-order chi connectivity index (χ0) is 15.5. The standard InChI is InChI=1S/C16H15BrN2O3/c17-14-7-6-13(22-14)16(21)18-9-11-8-15(20)19(10-11)12-4-2-1-3-5-12/h1-7,11H,8-10H2,(H,18,21). The lowest BCUT2D eigenvalue weighted by molar-refractivity contribution is -0.117. The summed E-state index contributed by atoms with van der Waals surface area (Å²) in [6.45, 7) is 1.07. The Balaban J connectivity index is 1.56. The number of para-hydroxylation sites is 1. The molecule has 1 N–H and O–H groups in total. The van der Waals surface area contributed by atoms with Crippen molar-refractivity contribution in [2.75, 3.05) is 18.0 Å². The van der Waals surface area contributed by atoms with Crippen molar-refractivity contribution in [1.29, 1.82) is 0 Å². The van der Waals surface area contributed by atoms with E-state index in [1.807, 2.05) is 30.3 Å². The van der Waals surface area contributed by atoms with Crippen molar-refractivity contribution >= 4 is 33.4 Å². The van der Waals surface area contributed by atoms with Crippen LogP contribution in [0.5, 0.6) is 0 Å². The average Bonchev–Trinajstić information content (AvgIpc) is 3.12. The van der Waals surface area contributed by atoms with E-state index in [0.717, 1.165) is 5.69 Å². The molecule has 2 heterocycles. The number of nitrogens with zero attached hydrogens (tertiary/aromatic N) is 1. The summed E-state index contributed by atoms with van der Waals surface area (Å²) in [6, 6.07) is 12.8. The van der Waals surface area contributed by atoms with Crippen molar-refractivity contribution in [2.24, 2.45) is 5.92 Å². The maximum Gasteiger partial charge on any atom is 0.287 e. The molecule has 114 valence electrons. The van der Waals surface area contributed by atoms with Crippen molar-refractivity contribution in [2.45, 2.75) is 6.42 Å². The number of hydrogen-bond donors (Lipinski definition) is 1. The van der Waals surface area contributed by atoms with Gasteiger partial charge in [0, 0.05) is 31.1 Å². The molecule has 1 saturated heterocycles. The van der Waals surface area contributed by atoms with E-state index >= 15 is 0 Å². The highest BCUT2D eigenvalue weighted by atomic mass is 79.9. The molecular weight excluding hydrogens is 348 g/mol. The number of amides is 2. The predicted molar refractivity (Wildman–Crippen MR) is 85.6 cm³/mol. The van der Waals surface area contributed by atoms with Gasteiger partial charge in [-0.2, -0.15) is 0 Å². The Kier molecular flexibility index (Phi) is 4.29. The molecule has 0 spiro atoms. The van der Waals surface area contributed by atoms with E-state index in [1.54, 1.807) is 17.0 Å². The van der Waals surface area contributed by atoms with Crippen molar-refractivity contribution in [3.05, 3.63) is 52.9 Å². The van der Waals surface area contributed by atoms with Gasteiger partial charge in [0.2, 0.25) is 5.91 Å². The Morgan fingerprint density at radius 2 is 2.05 bits per heavy atom. The highest BCUT2D eigenvalue weighted by Gasteiger charge is 2.30. The van der Waals surface area contributed by atoms with Crippen LogP contribution < -0.4 is 10.2 Å². The van der Waals surface area contributed by atoms with Crippen LogP contribution in [0.15, 0.2) is 51.6 Å². The summed E-state index contributed by atoms with van der Waals surface area (Å²) in [5, 5.41) is 2.81. The molecule has 0 aliphatic carbocycles.